The number of rotatable bonds is 7. The molecule has 0 aromatic heterocycles. The van der Waals surface area contributed by atoms with Gasteiger partial charge >= 0.3 is 5.97 Å². The van der Waals surface area contributed by atoms with E-state index in [4.69, 9.17) is 4.74 Å². The van der Waals surface area contributed by atoms with Gasteiger partial charge in [0.15, 0.2) is 0 Å². The Morgan fingerprint density at radius 2 is 0.564 bits per heavy atom. The normalized spacial score (nSPS) is 25.2. The quantitative estimate of drug-likeness (QED) is 0.154. The van der Waals surface area contributed by atoms with Crippen molar-refractivity contribution in [1.29, 1.82) is 0 Å². The van der Waals surface area contributed by atoms with Gasteiger partial charge in [-0.2, -0.15) is 0 Å². The maximum Gasteiger partial charge on any atom is 0.336 e. The highest BCUT2D eigenvalue weighted by Gasteiger charge is 2.49. The van der Waals surface area contributed by atoms with Gasteiger partial charge < -0.3 is 14.9 Å². The molecule has 55 heavy (non-hydrogen) atoms. The molecule has 320 valence electrons. The van der Waals surface area contributed by atoms with Gasteiger partial charge in [-0.15, -0.1) is 0 Å². The molecule has 4 aliphatic carbocycles. The molecule has 0 heterocycles. The third-order valence-electron chi connectivity index (χ3n) is 15.6. The topological polar surface area (TPSA) is 66.8 Å². The van der Waals surface area contributed by atoms with Crippen LogP contribution >= 0.6 is 0 Å². The Hall–Kier alpha value is -0.870. The summed E-state index contributed by atoms with van der Waals surface area (Å²) in [5.41, 5.74) is 0.425. The Morgan fingerprint density at radius 3 is 0.800 bits per heavy atom. The fourth-order valence-electron chi connectivity index (χ4n) is 11.8. The summed E-state index contributed by atoms with van der Waals surface area (Å²) < 4.78 is 6.81. The highest BCUT2D eigenvalue weighted by Crippen LogP contribution is 2.47. The molecule has 0 saturated heterocycles. The molecule has 0 atom stereocenters. The van der Waals surface area contributed by atoms with Crippen molar-refractivity contribution in [2.45, 2.75) is 282 Å². The largest absolute Gasteiger partial charge is 0.429 e. The van der Waals surface area contributed by atoms with Crippen LogP contribution in [0.15, 0.2) is 11.1 Å². The first kappa shape index (κ1) is 46.8. The lowest BCUT2D eigenvalue weighted by molar-refractivity contribution is -0.260. The number of hydrogen-bond donors (Lipinski definition) is 2. The molecule has 2 N–H and O–H groups in total. The molecule has 4 heteroatoms. The number of hydrogen-bond acceptors (Lipinski definition) is 4. The molecule has 4 rings (SSSR count). The zero-order valence-corrected chi connectivity index (χ0v) is 36.8. The van der Waals surface area contributed by atoms with E-state index in [2.05, 4.69) is 6.92 Å². The average Bonchev–Trinajstić information content (AvgIpc) is 3.38. The monoisotopic (exact) mass is 769 g/mol. The van der Waals surface area contributed by atoms with Gasteiger partial charge in [0, 0.05) is 17.4 Å². The van der Waals surface area contributed by atoms with Crippen molar-refractivity contribution >= 4 is 5.97 Å². The molecule has 4 nitrogen and oxygen atoms in total. The number of esters is 1. The standard InChI is InChI=1S/C51H92O4/c1-43(44(2)50(53,45-35-27-19-11-3-4-12-20-28-36-45)46-37-29-21-13-5-6-14-22-30-38-46)49(52)55-51(54,47-39-31-23-15-7-8-16-24-32-40-47)48-41-33-25-17-9-10-18-26-34-42-48/h45-48,53-54H,3-42H2,1-2H3. The molecule has 0 unspecified atom stereocenters. The van der Waals surface area contributed by atoms with Gasteiger partial charge in [0.25, 0.3) is 0 Å². The van der Waals surface area contributed by atoms with E-state index in [1.54, 1.807) is 0 Å². The van der Waals surface area contributed by atoms with E-state index < -0.39 is 11.4 Å². The summed E-state index contributed by atoms with van der Waals surface area (Å²) in [6, 6.07) is 0. The third kappa shape index (κ3) is 15.7. The Labute approximate surface area is 341 Å². The van der Waals surface area contributed by atoms with Gasteiger partial charge in [0.2, 0.25) is 5.79 Å². The van der Waals surface area contributed by atoms with Crippen LogP contribution in [0.2, 0.25) is 0 Å². The van der Waals surface area contributed by atoms with Gasteiger partial charge in [-0.3, -0.25) is 0 Å². The van der Waals surface area contributed by atoms with E-state index in [0.717, 1.165) is 82.6 Å². The molecule has 4 aliphatic rings. The zero-order valence-electron chi connectivity index (χ0n) is 36.8. The van der Waals surface area contributed by atoms with Crippen molar-refractivity contribution in [3.63, 3.8) is 0 Å². The lowest BCUT2D eigenvalue weighted by Gasteiger charge is -2.45. The fraction of sp³-hybridized carbons (Fsp3) is 0.941. The van der Waals surface area contributed by atoms with Crippen LogP contribution in [0.25, 0.3) is 0 Å². The second-order valence-electron chi connectivity index (χ2n) is 19.6. The molecular weight excluding hydrogens is 677 g/mol. The molecule has 4 fully saturated rings. The third-order valence-corrected chi connectivity index (χ3v) is 15.6. The number of carbonyl (C=O) groups excluding carboxylic acids is 1. The minimum Gasteiger partial charge on any atom is -0.429 e. The van der Waals surface area contributed by atoms with E-state index in [-0.39, 0.29) is 29.6 Å². The van der Waals surface area contributed by atoms with Crippen LogP contribution in [0.3, 0.4) is 0 Å². The molecule has 0 bridgehead atoms. The lowest BCUT2D eigenvalue weighted by atomic mass is 9.65. The molecule has 0 amide bonds. The summed E-state index contributed by atoms with van der Waals surface area (Å²) >= 11 is 0. The van der Waals surface area contributed by atoms with Crippen LogP contribution in [0.1, 0.15) is 271 Å². The second kappa shape index (κ2) is 27.0. The van der Waals surface area contributed by atoms with E-state index in [0.29, 0.717) is 5.57 Å². The minimum absolute atomic E-state index is 0.0267. The Morgan fingerprint density at radius 1 is 0.364 bits per heavy atom. The summed E-state index contributed by atoms with van der Waals surface area (Å²) in [5, 5.41) is 26.9. The summed E-state index contributed by atoms with van der Waals surface area (Å²) in [7, 11) is 0. The first-order valence-corrected chi connectivity index (χ1v) is 25.2. The Bertz CT molecular complexity index is 943. The van der Waals surface area contributed by atoms with Gasteiger partial charge in [0.1, 0.15) is 0 Å². The average molecular weight is 769 g/mol. The first-order chi connectivity index (χ1) is 26.9. The maximum absolute atomic E-state index is 14.9. The van der Waals surface area contributed by atoms with E-state index in [1.165, 1.54) is 180 Å². The SMILES string of the molecule is CC(C(=O)OC(O)(C1CCCCCCCCCC1)C1CCCCCCCCCC1)=C(C)C(O)(C1CCCCCCCCCC1)C1CCCCCCCCCC1. The van der Waals surface area contributed by atoms with E-state index in [9.17, 15) is 15.0 Å². The smallest absolute Gasteiger partial charge is 0.336 e. The van der Waals surface area contributed by atoms with Crippen molar-refractivity contribution in [1.82, 2.24) is 0 Å². The maximum atomic E-state index is 14.9. The predicted octanol–water partition coefficient (Wildman–Crippen LogP) is 15.4. The number of ether oxygens (including phenoxy) is 1. The second-order valence-corrected chi connectivity index (χ2v) is 19.6. The van der Waals surface area contributed by atoms with Crippen molar-refractivity contribution in [2.75, 3.05) is 0 Å². The summed E-state index contributed by atoms with van der Waals surface area (Å²) in [4.78, 5) is 14.9. The molecule has 0 radical (unpaired) electrons. The Balaban J connectivity index is 1.72. The van der Waals surface area contributed by atoms with Crippen LogP contribution in [-0.4, -0.2) is 27.6 Å². The highest BCUT2D eigenvalue weighted by molar-refractivity contribution is 5.89. The number of aliphatic hydroxyl groups is 2. The molecule has 4 saturated carbocycles. The summed E-state index contributed by atoms with van der Waals surface area (Å²) in [5.74, 6) is -1.54. The highest BCUT2D eigenvalue weighted by atomic mass is 16.7. The lowest BCUT2D eigenvalue weighted by Crippen LogP contribution is -2.50. The first-order valence-electron chi connectivity index (χ1n) is 25.2. The Kier molecular flexibility index (Phi) is 23.0. The van der Waals surface area contributed by atoms with E-state index in [1.807, 2.05) is 6.92 Å². The van der Waals surface area contributed by atoms with Gasteiger partial charge in [-0.05, 0) is 82.6 Å². The molecular formula is C51H92O4. The van der Waals surface area contributed by atoms with Gasteiger partial charge in [0.05, 0.1) is 5.60 Å². The van der Waals surface area contributed by atoms with Gasteiger partial charge in [-0.25, -0.2) is 4.79 Å². The van der Waals surface area contributed by atoms with Crippen LogP contribution in [0.4, 0.5) is 0 Å². The van der Waals surface area contributed by atoms with Crippen LogP contribution in [0, 0.1) is 23.7 Å². The van der Waals surface area contributed by atoms with Crippen molar-refractivity contribution in [2.24, 2.45) is 23.7 Å². The van der Waals surface area contributed by atoms with Crippen LogP contribution in [0.5, 0.6) is 0 Å². The fourth-order valence-corrected chi connectivity index (χ4v) is 11.8. The summed E-state index contributed by atoms with van der Waals surface area (Å²) in [6.07, 6.45) is 47.8. The molecule has 0 aromatic rings. The van der Waals surface area contributed by atoms with Crippen molar-refractivity contribution < 1.29 is 19.7 Å². The van der Waals surface area contributed by atoms with Crippen LogP contribution < -0.4 is 0 Å². The van der Waals surface area contributed by atoms with Crippen molar-refractivity contribution in [3.05, 3.63) is 11.1 Å². The molecule has 0 aromatic carbocycles. The molecule has 0 aliphatic heterocycles. The molecule has 0 spiro atoms. The van der Waals surface area contributed by atoms with Gasteiger partial charge in [-0.1, -0.05) is 205 Å². The minimum atomic E-state index is -1.46. The van der Waals surface area contributed by atoms with Crippen molar-refractivity contribution in [3.8, 4) is 0 Å². The summed E-state index contributed by atoms with van der Waals surface area (Å²) in [6.45, 7) is 4.06. The zero-order chi connectivity index (χ0) is 39.0. The number of carbonyl (C=O) groups is 1. The van der Waals surface area contributed by atoms with Crippen LogP contribution in [-0.2, 0) is 9.53 Å². The predicted molar refractivity (Wildman–Crippen MR) is 233 cm³/mol. The van der Waals surface area contributed by atoms with E-state index >= 15 is 0 Å².